The van der Waals surface area contributed by atoms with E-state index in [-0.39, 0.29) is 17.9 Å². The van der Waals surface area contributed by atoms with Gasteiger partial charge in [0, 0.05) is 24.6 Å². The quantitative estimate of drug-likeness (QED) is 0.625. The second kappa shape index (κ2) is 9.45. The standard InChI is InChI=1S/C22H21N3O4/c1-29-22(28)17-10-5-6-11-18(17)24-20(26)12-7-13-25-15-23-19(14-21(25)27)16-8-3-2-4-9-16/h2-6,8-11,14-15H,7,12-13H2,1H3,(H,24,26). The van der Waals surface area contributed by atoms with E-state index in [1.165, 1.54) is 24.1 Å². The number of benzene rings is 2. The maximum Gasteiger partial charge on any atom is 0.339 e. The number of nitrogens with zero attached hydrogens (tertiary/aromatic N) is 2. The highest BCUT2D eigenvalue weighted by molar-refractivity contribution is 6.01. The zero-order valence-corrected chi connectivity index (χ0v) is 16.0. The van der Waals surface area contributed by atoms with E-state index in [1.54, 1.807) is 24.3 Å². The number of hydrogen-bond acceptors (Lipinski definition) is 5. The van der Waals surface area contributed by atoms with E-state index >= 15 is 0 Å². The summed E-state index contributed by atoms with van der Waals surface area (Å²) in [6.07, 6.45) is 2.15. The second-order valence-electron chi connectivity index (χ2n) is 6.36. The van der Waals surface area contributed by atoms with E-state index in [2.05, 4.69) is 10.3 Å². The van der Waals surface area contributed by atoms with Gasteiger partial charge in [-0.05, 0) is 18.6 Å². The molecule has 0 radical (unpaired) electrons. The summed E-state index contributed by atoms with van der Waals surface area (Å²) in [7, 11) is 1.29. The van der Waals surface area contributed by atoms with Crippen LogP contribution in [0.25, 0.3) is 11.3 Å². The van der Waals surface area contributed by atoms with Crippen molar-refractivity contribution in [1.82, 2.24) is 9.55 Å². The van der Waals surface area contributed by atoms with Crippen molar-refractivity contribution in [2.75, 3.05) is 12.4 Å². The van der Waals surface area contributed by atoms with Gasteiger partial charge in [-0.3, -0.25) is 14.2 Å². The molecule has 0 bridgehead atoms. The number of carbonyl (C=O) groups is 2. The summed E-state index contributed by atoms with van der Waals surface area (Å²) in [5, 5.41) is 2.71. The maximum atomic E-state index is 12.3. The number of anilines is 1. The molecule has 29 heavy (non-hydrogen) atoms. The van der Waals surface area contributed by atoms with Crippen molar-refractivity contribution < 1.29 is 14.3 Å². The Hall–Kier alpha value is -3.74. The van der Waals surface area contributed by atoms with Gasteiger partial charge < -0.3 is 10.1 Å². The van der Waals surface area contributed by atoms with Gasteiger partial charge in [0.25, 0.3) is 5.56 Å². The van der Waals surface area contributed by atoms with Crippen LogP contribution in [0.15, 0.2) is 71.8 Å². The first-order valence-electron chi connectivity index (χ1n) is 9.17. The molecule has 0 fully saturated rings. The molecule has 148 valence electrons. The lowest BCUT2D eigenvalue weighted by molar-refractivity contribution is -0.116. The molecule has 0 aliphatic carbocycles. The molecule has 3 rings (SSSR count). The van der Waals surface area contributed by atoms with Gasteiger partial charge in [-0.1, -0.05) is 42.5 Å². The van der Waals surface area contributed by atoms with Crippen LogP contribution < -0.4 is 10.9 Å². The minimum Gasteiger partial charge on any atom is -0.465 e. The summed E-state index contributed by atoms with van der Waals surface area (Å²) in [5.41, 5.74) is 2.01. The molecule has 7 nitrogen and oxygen atoms in total. The lowest BCUT2D eigenvalue weighted by atomic mass is 10.1. The van der Waals surface area contributed by atoms with Gasteiger partial charge >= 0.3 is 5.97 Å². The third kappa shape index (κ3) is 5.16. The molecule has 1 N–H and O–H groups in total. The van der Waals surface area contributed by atoms with E-state index in [0.717, 1.165) is 5.56 Å². The van der Waals surface area contributed by atoms with Gasteiger partial charge in [0.05, 0.1) is 30.4 Å². The molecule has 2 aromatic carbocycles. The summed E-state index contributed by atoms with van der Waals surface area (Å²) in [5.74, 6) is -0.764. The fourth-order valence-corrected chi connectivity index (χ4v) is 2.86. The first kappa shape index (κ1) is 20.0. The smallest absolute Gasteiger partial charge is 0.339 e. The molecule has 1 heterocycles. The Kier molecular flexibility index (Phi) is 6.52. The highest BCUT2D eigenvalue weighted by Crippen LogP contribution is 2.17. The summed E-state index contributed by atoms with van der Waals surface area (Å²) < 4.78 is 6.19. The average Bonchev–Trinajstić information content (AvgIpc) is 2.75. The number of aryl methyl sites for hydroxylation is 1. The number of methoxy groups -OCH3 is 1. The third-order valence-electron chi connectivity index (χ3n) is 4.36. The number of para-hydroxylation sites is 1. The first-order chi connectivity index (χ1) is 14.1. The molecule has 1 amide bonds. The van der Waals surface area contributed by atoms with Gasteiger partial charge in [0.15, 0.2) is 0 Å². The minimum atomic E-state index is -0.517. The minimum absolute atomic E-state index is 0.171. The van der Waals surface area contributed by atoms with Crippen molar-refractivity contribution in [3.8, 4) is 11.3 Å². The Labute approximate surface area is 168 Å². The monoisotopic (exact) mass is 391 g/mol. The lowest BCUT2D eigenvalue weighted by Crippen LogP contribution is -2.21. The van der Waals surface area contributed by atoms with Crippen LogP contribution in [0.5, 0.6) is 0 Å². The predicted octanol–water partition coefficient (Wildman–Crippen LogP) is 3.12. The lowest BCUT2D eigenvalue weighted by Gasteiger charge is -2.10. The number of esters is 1. The summed E-state index contributed by atoms with van der Waals surface area (Å²) >= 11 is 0. The highest BCUT2D eigenvalue weighted by Gasteiger charge is 2.13. The van der Waals surface area contributed by atoms with Crippen LogP contribution in [-0.2, 0) is 16.1 Å². The fraction of sp³-hybridized carbons (Fsp3) is 0.182. The zero-order chi connectivity index (χ0) is 20.6. The molecule has 0 saturated heterocycles. The zero-order valence-electron chi connectivity index (χ0n) is 16.0. The predicted molar refractivity (Wildman–Crippen MR) is 110 cm³/mol. The van der Waals surface area contributed by atoms with Crippen LogP contribution in [0.4, 0.5) is 5.69 Å². The molecule has 0 aliphatic heterocycles. The second-order valence-corrected chi connectivity index (χ2v) is 6.36. The SMILES string of the molecule is COC(=O)c1ccccc1NC(=O)CCCn1cnc(-c2ccccc2)cc1=O. The molecule has 0 unspecified atom stereocenters. The van der Waals surface area contributed by atoms with Gasteiger partial charge in [-0.25, -0.2) is 9.78 Å². The average molecular weight is 391 g/mol. The molecule has 7 heteroatoms. The van der Waals surface area contributed by atoms with Crippen LogP contribution in [-0.4, -0.2) is 28.5 Å². The highest BCUT2D eigenvalue weighted by atomic mass is 16.5. The first-order valence-corrected chi connectivity index (χ1v) is 9.17. The fourth-order valence-electron chi connectivity index (χ4n) is 2.86. The van der Waals surface area contributed by atoms with E-state index < -0.39 is 5.97 Å². The van der Waals surface area contributed by atoms with Crippen molar-refractivity contribution in [2.45, 2.75) is 19.4 Å². The Morgan fingerprint density at radius 3 is 2.52 bits per heavy atom. The van der Waals surface area contributed by atoms with E-state index in [1.807, 2.05) is 30.3 Å². The Morgan fingerprint density at radius 2 is 1.79 bits per heavy atom. The molecule has 0 spiro atoms. The molecule has 1 aromatic heterocycles. The molecular weight excluding hydrogens is 370 g/mol. The van der Waals surface area contributed by atoms with E-state index in [9.17, 15) is 14.4 Å². The molecular formula is C22H21N3O4. The van der Waals surface area contributed by atoms with Crippen LogP contribution in [0.1, 0.15) is 23.2 Å². The Balaban J connectivity index is 1.57. The van der Waals surface area contributed by atoms with Gasteiger partial charge in [0.2, 0.25) is 5.91 Å². The van der Waals surface area contributed by atoms with Crippen molar-refractivity contribution >= 4 is 17.6 Å². The number of nitrogens with one attached hydrogen (secondary N) is 1. The Bertz CT molecular complexity index is 1060. The summed E-state index contributed by atoms with van der Waals surface area (Å²) in [6, 6.07) is 17.6. The number of amides is 1. The van der Waals surface area contributed by atoms with E-state index in [4.69, 9.17) is 4.74 Å². The third-order valence-corrected chi connectivity index (χ3v) is 4.36. The number of aromatic nitrogens is 2. The summed E-state index contributed by atoms with van der Waals surface area (Å²) in [6.45, 7) is 0.368. The van der Waals surface area contributed by atoms with Crippen molar-refractivity contribution in [1.29, 1.82) is 0 Å². The van der Waals surface area contributed by atoms with Crippen LogP contribution in [0, 0.1) is 0 Å². The van der Waals surface area contributed by atoms with Gasteiger partial charge in [-0.2, -0.15) is 0 Å². The van der Waals surface area contributed by atoms with Gasteiger partial charge in [0.1, 0.15) is 0 Å². The molecule has 3 aromatic rings. The largest absolute Gasteiger partial charge is 0.465 e. The molecule has 0 saturated carbocycles. The van der Waals surface area contributed by atoms with Crippen LogP contribution in [0.2, 0.25) is 0 Å². The van der Waals surface area contributed by atoms with Crippen molar-refractivity contribution in [3.63, 3.8) is 0 Å². The number of carbonyl (C=O) groups excluding carboxylic acids is 2. The van der Waals surface area contributed by atoms with Crippen LogP contribution >= 0.6 is 0 Å². The van der Waals surface area contributed by atoms with E-state index in [0.29, 0.717) is 29.9 Å². The molecule has 0 atom stereocenters. The maximum absolute atomic E-state index is 12.3. The topological polar surface area (TPSA) is 90.3 Å². The summed E-state index contributed by atoms with van der Waals surface area (Å²) in [4.78, 5) is 40.6. The normalized spacial score (nSPS) is 10.4. The van der Waals surface area contributed by atoms with Crippen molar-refractivity contribution in [2.24, 2.45) is 0 Å². The Morgan fingerprint density at radius 1 is 1.07 bits per heavy atom. The molecule has 0 aliphatic rings. The number of hydrogen-bond donors (Lipinski definition) is 1. The van der Waals surface area contributed by atoms with Crippen LogP contribution in [0.3, 0.4) is 0 Å². The number of rotatable bonds is 7. The van der Waals surface area contributed by atoms with Crippen molar-refractivity contribution in [3.05, 3.63) is 82.9 Å². The number of ether oxygens (including phenoxy) is 1. The van der Waals surface area contributed by atoms with Gasteiger partial charge in [-0.15, -0.1) is 0 Å².